The number of halogens is 1. The first kappa shape index (κ1) is 11.7. The maximum atomic E-state index is 10.9. The summed E-state index contributed by atoms with van der Waals surface area (Å²) in [7, 11) is 1.43. The smallest absolute Gasteiger partial charge is 0.339 e. The molecule has 1 aromatic carbocycles. The van der Waals surface area contributed by atoms with Gasteiger partial charge in [-0.15, -0.1) is 0 Å². The molecule has 0 aliphatic heterocycles. The number of carboxylic acids is 1. The quantitative estimate of drug-likeness (QED) is 0.863. The SMILES string of the molecule is CCOc1c(OC)cc(Cl)cc1C(=O)O. The second-order valence-corrected chi connectivity index (χ2v) is 3.16. The Kier molecular flexibility index (Phi) is 3.80. The molecule has 5 heteroatoms. The summed E-state index contributed by atoms with van der Waals surface area (Å²) in [6.07, 6.45) is 0. The highest BCUT2D eigenvalue weighted by Crippen LogP contribution is 2.34. The van der Waals surface area contributed by atoms with Crippen LogP contribution >= 0.6 is 11.6 Å². The van der Waals surface area contributed by atoms with Gasteiger partial charge in [0.1, 0.15) is 5.56 Å². The van der Waals surface area contributed by atoms with Crippen molar-refractivity contribution in [2.24, 2.45) is 0 Å². The van der Waals surface area contributed by atoms with E-state index in [0.717, 1.165) is 0 Å². The lowest BCUT2D eigenvalue weighted by Gasteiger charge is -2.12. The standard InChI is InChI=1S/C10H11ClO4/c1-3-15-9-7(10(12)13)4-6(11)5-8(9)14-2/h4-5H,3H2,1-2H3,(H,12,13). The first-order chi connectivity index (χ1) is 7.10. The van der Waals surface area contributed by atoms with Gasteiger partial charge in [0.2, 0.25) is 0 Å². The van der Waals surface area contributed by atoms with Crippen molar-refractivity contribution in [2.45, 2.75) is 6.92 Å². The second-order valence-electron chi connectivity index (χ2n) is 2.72. The van der Waals surface area contributed by atoms with Crippen LogP contribution in [-0.2, 0) is 0 Å². The fourth-order valence-corrected chi connectivity index (χ4v) is 1.38. The van der Waals surface area contributed by atoms with Crippen molar-refractivity contribution >= 4 is 17.6 Å². The molecule has 0 aliphatic rings. The zero-order valence-electron chi connectivity index (χ0n) is 8.41. The van der Waals surface area contributed by atoms with E-state index in [1.807, 2.05) is 0 Å². The minimum atomic E-state index is -1.10. The number of hydrogen-bond acceptors (Lipinski definition) is 3. The molecular formula is C10H11ClO4. The Morgan fingerprint density at radius 1 is 1.53 bits per heavy atom. The highest BCUT2D eigenvalue weighted by molar-refractivity contribution is 6.31. The van der Waals surface area contributed by atoms with Crippen LogP contribution in [0.5, 0.6) is 11.5 Å². The zero-order valence-corrected chi connectivity index (χ0v) is 9.17. The van der Waals surface area contributed by atoms with Crippen molar-refractivity contribution in [3.05, 3.63) is 22.7 Å². The van der Waals surface area contributed by atoms with Gasteiger partial charge in [-0.05, 0) is 13.0 Å². The Balaban J connectivity index is 3.33. The van der Waals surface area contributed by atoms with E-state index in [0.29, 0.717) is 17.4 Å². The van der Waals surface area contributed by atoms with Gasteiger partial charge in [-0.1, -0.05) is 11.6 Å². The third-order valence-corrected chi connectivity index (χ3v) is 1.98. The second kappa shape index (κ2) is 4.89. The molecule has 0 saturated carbocycles. The number of benzene rings is 1. The predicted octanol–water partition coefficient (Wildman–Crippen LogP) is 2.45. The highest BCUT2D eigenvalue weighted by atomic mass is 35.5. The molecule has 4 nitrogen and oxygen atoms in total. The highest BCUT2D eigenvalue weighted by Gasteiger charge is 2.17. The summed E-state index contributed by atoms with van der Waals surface area (Å²) in [5.41, 5.74) is 0.00111. The van der Waals surface area contributed by atoms with Crippen molar-refractivity contribution in [3.8, 4) is 11.5 Å². The summed E-state index contributed by atoms with van der Waals surface area (Å²) in [6, 6.07) is 2.84. The van der Waals surface area contributed by atoms with Gasteiger partial charge in [0, 0.05) is 11.1 Å². The first-order valence-corrected chi connectivity index (χ1v) is 4.71. The number of ether oxygens (including phenoxy) is 2. The number of hydrogen-bond donors (Lipinski definition) is 1. The van der Waals surface area contributed by atoms with Gasteiger partial charge in [-0.2, -0.15) is 0 Å². The van der Waals surface area contributed by atoms with E-state index in [4.69, 9.17) is 26.2 Å². The fraction of sp³-hybridized carbons (Fsp3) is 0.300. The molecule has 0 heterocycles. The molecule has 0 bridgehead atoms. The van der Waals surface area contributed by atoms with E-state index in [2.05, 4.69) is 0 Å². The molecule has 0 spiro atoms. The average Bonchev–Trinajstić information content (AvgIpc) is 2.19. The van der Waals surface area contributed by atoms with Crippen LogP contribution < -0.4 is 9.47 Å². The third-order valence-electron chi connectivity index (χ3n) is 1.76. The molecule has 82 valence electrons. The van der Waals surface area contributed by atoms with E-state index in [9.17, 15) is 4.79 Å². The van der Waals surface area contributed by atoms with Crippen molar-refractivity contribution in [3.63, 3.8) is 0 Å². The lowest BCUT2D eigenvalue weighted by molar-refractivity contribution is 0.0691. The Hall–Kier alpha value is -1.42. The normalized spacial score (nSPS) is 9.80. The zero-order chi connectivity index (χ0) is 11.4. The first-order valence-electron chi connectivity index (χ1n) is 4.33. The summed E-state index contributed by atoms with van der Waals surface area (Å²) < 4.78 is 10.2. The topological polar surface area (TPSA) is 55.8 Å². The molecule has 0 atom stereocenters. The Labute approximate surface area is 92.4 Å². The molecule has 0 radical (unpaired) electrons. The van der Waals surface area contributed by atoms with Crippen LogP contribution in [0.1, 0.15) is 17.3 Å². The number of aromatic carboxylic acids is 1. The van der Waals surface area contributed by atoms with Gasteiger partial charge >= 0.3 is 5.97 Å². The van der Waals surface area contributed by atoms with Crippen molar-refractivity contribution < 1.29 is 19.4 Å². The van der Waals surface area contributed by atoms with E-state index < -0.39 is 5.97 Å². The average molecular weight is 231 g/mol. The summed E-state index contributed by atoms with van der Waals surface area (Å²) in [5.74, 6) is -0.571. The van der Waals surface area contributed by atoms with E-state index in [-0.39, 0.29) is 11.3 Å². The van der Waals surface area contributed by atoms with Crippen LogP contribution in [0, 0.1) is 0 Å². The van der Waals surface area contributed by atoms with Crippen LogP contribution in [0.4, 0.5) is 0 Å². The van der Waals surface area contributed by atoms with Crippen LogP contribution in [0.2, 0.25) is 5.02 Å². The van der Waals surface area contributed by atoms with Crippen LogP contribution in [0.3, 0.4) is 0 Å². The van der Waals surface area contributed by atoms with E-state index in [1.54, 1.807) is 6.92 Å². The van der Waals surface area contributed by atoms with Gasteiger partial charge in [-0.25, -0.2) is 4.79 Å². The summed E-state index contributed by atoms with van der Waals surface area (Å²) in [4.78, 5) is 10.9. The monoisotopic (exact) mass is 230 g/mol. The predicted molar refractivity (Wildman–Crippen MR) is 56.1 cm³/mol. The largest absolute Gasteiger partial charge is 0.493 e. The summed E-state index contributed by atoms with van der Waals surface area (Å²) in [5, 5.41) is 9.24. The Bertz CT molecular complexity index is 376. The van der Waals surface area contributed by atoms with Gasteiger partial charge < -0.3 is 14.6 Å². The minimum absolute atomic E-state index is 0.00111. The van der Waals surface area contributed by atoms with E-state index >= 15 is 0 Å². The summed E-state index contributed by atoms with van der Waals surface area (Å²) in [6.45, 7) is 2.12. The van der Waals surface area contributed by atoms with Crippen LogP contribution in [-0.4, -0.2) is 24.8 Å². The number of carbonyl (C=O) groups is 1. The molecule has 0 amide bonds. The van der Waals surface area contributed by atoms with Gasteiger partial charge in [0.25, 0.3) is 0 Å². The minimum Gasteiger partial charge on any atom is -0.493 e. The summed E-state index contributed by atoms with van der Waals surface area (Å²) >= 11 is 5.75. The molecule has 1 aromatic rings. The maximum absolute atomic E-state index is 10.9. The molecule has 1 rings (SSSR count). The third kappa shape index (κ3) is 2.53. The van der Waals surface area contributed by atoms with Crippen LogP contribution in [0.15, 0.2) is 12.1 Å². The molecule has 1 N–H and O–H groups in total. The molecule has 0 fully saturated rings. The van der Waals surface area contributed by atoms with Gasteiger partial charge in [0.05, 0.1) is 13.7 Å². The molecule has 0 aromatic heterocycles. The number of methoxy groups -OCH3 is 1. The Morgan fingerprint density at radius 2 is 2.20 bits per heavy atom. The lowest BCUT2D eigenvalue weighted by Crippen LogP contribution is -2.04. The van der Waals surface area contributed by atoms with Crippen molar-refractivity contribution in [2.75, 3.05) is 13.7 Å². The number of rotatable bonds is 4. The molecule has 15 heavy (non-hydrogen) atoms. The lowest BCUT2D eigenvalue weighted by atomic mass is 10.2. The molecule has 0 saturated heterocycles. The van der Waals surface area contributed by atoms with Crippen molar-refractivity contribution in [1.29, 1.82) is 0 Å². The van der Waals surface area contributed by atoms with E-state index in [1.165, 1.54) is 19.2 Å². The van der Waals surface area contributed by atoms with Gasteiger partial charge in [0.15, 0.2) is 11.5 Å². The van der Waals surface area contributed by atoms with Crippen LogP contribution in [0.25, 0.3) is 0 Å². The molecular weight excluding hydrogens is 220 g/mol. The van der Waals surface area contributed by atoms with Crippen molar-refractivity contribution in [1.82, 2.24) is 0 Å². The molecule has 0 unspecified atom stereocenters. The fourth-order valence-electron chi connectivity index (χ4n) is 1.17. The molecule has 0 aliphatic carbocycles. The number of carboxylic acid groups (broad SMARTS) is 1. The Morgan fingerprint density at radius 3 is 2.67 bits per heavy atom. The van der Waals surface area contributed by atoms with Gasteiger partial charge in [-0.3, -0.25) is 0 Å². The maximum Gasteiger partial charge on any atom is 0.339 e.